The summed E-state index contributed by atoms with van der Waals surface area (Å²) in [6.07, 6.45) is 7.84. The molecule has 2 N–H and O–H groups in total. The van der Waals surface area contributed by atoms with Crippen LogP contribution in [0.1, 0.15) is 44.7 Å². The van der Waals surface area contributed by atoms with Gasteiger partial charge in [0.25, 0.3) is 0 Å². The van der Waals surface area contributed by atoms with E-state index in [2.05, 4.69) is 17.2 Å². The zero-order valence-electron chi connectivity index (χ0n) is 8.74. The minimum Gasteiger partial charge on any atom is -0.320 e. The fraction of sp³-hybridized carbons (Fsp3) is 0.800. The summed E-state index contributed by atoms with van der Waals surface area (Å²) in [7, 11) is 0. The standard InChI is InChI=1S/C10H18N4/c1-2-14-8-9(12-13-14)10(11)6-4-3-5-7-10/h8H,2-7,11H2,1H3. The van der Waals surface area contributed by atoms with E-state index in [1.54, 1.807) is 0 Å². The Hall–Kier alpha value is -0.900. The Kier molecular flexibility index (Phi) is 2.54. The molecule has 1 aliphatic carbocycles. The van der Waals surface area contributed by atoms with Gasteiger partial charge in [0.1, 0.15) is 5.69 Å². The molecule has 4 heteroatoms. The number of aryl methyl sites for hydroxylation is 1. The monoisotopic (exact) mass is 194 g/mol. The summed E-state index contributed by atoms with van der Waals surface area (Å²) < 4.78 is 1.85. The average molecular weight is 194 g/mol. The maximum atomic E-state index is 6.33. The van der Waals surface area contributed by atoms with Crippen molar-refractivity contribution in [2.75, 3.05) is 0 Å². The van der Waals surface area contributed by atoms with Gasteiger partial charge in [-0.25, -0.2) is 0 Å². The van der Waals surface area contributed by atoms with Gasteiger partial charge < -0.3 is 5.73 Å². The Morgan fingerprint density at radius 3 is 2.71 bits per heavy atom. The fourth-order valence-corrected chi connectivity index (χ4v) is 2.12. The zero-order valence-corrected chi connectivity index (χ0v) is 8.74. The van der Waals surface area contributed by atoms with Crippen LogP contribution in [0.5, 0.6) is 0 Å². The quantitative estimate of drug-likeness (QED) is 0.774. The first kappa shape index (κ1) is 9.65. The lowest BCUT2D eigenvalue weighted by Gasteiger charge is -2.31. The van der Waals surface area contributed by atoms with E-state index in [1.807, 2.05) is 10.9 Å². The SMILES string of the molecule is CCn1cc(C2(N)CCCCC2)nn1. The lowest BCUT2D eigenvalue weighted by atomic mass is 9.80. The zero-order chi connectivity index (χ0) is 10.0. The van der Waals surface area contributed by atoms with Crippen LogP contribution < -0.4 is 5.73 Å². The van der Waals surface area contributed by atoms with Gasteiger partial charge in [-0.1, -0.05) is 24.5 Å². The van der Waals surface area contributed by atoms with E-state index < -0.39 is 0 Å². The van der Waals surface area contributed by atoms with Crippen LogP contribution in [0.25, 0.3) is 0 Å². The number of nitrogens with zero attached hydrogens (tertiary/aromatic N) is 3. The Labute approximate surface area is 84.5 Å². The highest BCUT2D eigenvalue weighted by atomic mass is 15.4. The summed E-state index contributed by atoms with van der Waals surface area (Å²) >= 11 is 0. The molecule has 0 amide bonds. The predicted molar refractivity (Wildman–Crippen MR) is 54.6 cm³/mol. The number of nitrogens with two attached hydrogens (primary N) is 1. The van der Waals surface area contributed by atoms with Crippen molar-refractivity contribution in [2.24, 2.45) is 5.73 Å². The third-order valence-corrected chi connectivity index (χ3v) is 3.12. The molecule has 0 aromatic carbocycles. The Bertz CT molecular complexity index is 299. The Morgan fingerprint density at radius 1 is 1.43 bits per heavy atom. The van der Waals surface area contributed by atoms with Gasteiger partial charge in [0.05, 0.1) is 11.7 Å². The number of rotatable bonds is 2. The van der Waals surface area contributed by atoms with E-state index in [-0.39, 0.29) is 5.54 Å². The first-order valence-corrected chi connectivity index (χ1v) is 5.44. The van der Waals surface area contributed by atoms with Gasteiger partial charge in [-0.05, 0) is 19.8 Å². The molecule has 0 radical (unpaired) electrons. The third kappa shape index (κ3) is 1.66. The van der Waals surface area contributed by atoms with Crippen LogP contribution in [-0.2, 0) is 12.1 Å². The highest BCUT2D eigenvalue weighted by Crippen LogP contribution is 2.33. The van der Waals surface area contributed by atoms with Gasteiger partial charge in [0.15, 0.2) is 0 Å². The molecule has 2 rings (SSSR count). The Balaban J connectivity index is 2.19. The molecule has 78 valence electrons. The maximum absolute atomic E-state index is 6.33. The molecule has 1 aromatic rings. The van der Waals surface area contributed by atoms with Crippen molar-refractivity contribution in [3.63, 3.8) is 0 Å². The number of hydrogen-bond donors (Lipinski definition) is 1. The van der Waals surface area contributed by atoms with Gasteiger partial charge in [-0.15, -0.1) is 5.10 Å². The lowest BCUT2D eigenvalue weighted by molar-refractivity contribution is 0.295. The van der Waals surface area contributed by atoms with E-state index in [1.165, 1.54) is 19.3 Å². The summed E-state index contributed by atoms with van der Waals surface area (Å²) in [4.78, 5) is 0. The van der Waals surface area contributed by atoms with E-state index >= 15 is 0 Å². The molecule has 0 aliphatic heterocycles. The van der Waals surface area contributed by atoms with Crippen LogP contribution in [0, 0.1) is 0 Å². The van der Waals surface area contributed by atoms with Crippen LogP contribution in [0.3, 0.4) is 0 Å². The highest BCUT2D eigenvalue weighted by Gasteiger charge is 2.31. The maximum Gasteiger partial charge on any atom is 0.102 e. The molecule has 1 aliphatic rings. The molecule has 0 unspecified atom stereocenters. The van der Waals surface area contributed by atoms with Crippen molar-refractivity contribution < 1.29 is 0 Å². The summed E-state index contributed by atoms with van der Waals surface area (Å²) in [6, 6.07) is 0. The smallest absolute Gasteiger partial charge is 0.102 e. The van der Waals surface area contributed by atoms with E-state index in [9.17, 15) is 0 Å². The predicted octanol–water partition coefficient (Wildman–Crippen LogP) is 1.42. The van der Waals surface area contributed by atoms with Crippen LogP contribution in [0.15, 0.2) is 6.20 Å². The molecule has 1 saturated carbocycles. The van der Waals surface area contributed by atoms with Gasteiger partial charge in [-0.2, -0.15) is 0 Å². The van der Waals surface area contributed by atoms with Crippen LogP contribution in [-0.4, -0.2) is 15.0 Å². The van der Waals surface area contributed by atoms with Crippen LogP contribution in [0.4, 0.5) is 0 Å². The molecular weight excluding hydrogens is 176 g/mol. The Morgan fingerprint density at radius 2 is 2.14 bits per heavy atom. The summed E-state index contributed by atoms with van der Waals surface area (Å²) in [5.41, 5.74) is 7.10. The second-order valence-electron chi connectivity index (χ2n) is 4.18. The highest BCUT2D eigenvalue weighted by molar-refractivity contribution is 5.10. The molecule has 0 bridgehead atoms. The summed E-state index contributed by atoms with van der Waals surface area (Å²) in [5.74, 6) is 0. The van der Waals surface area contributed by atoms with Crippen LogP contribution in [0.2, 0.25) is 0 Å². The summed E-state index contributed by atoms with van der Waals surface area (Å²) in [5, 5.41) is 8.21. The molecular formula is C10H18N4. The van der Waals surface area contributed by atoms with Gasteiger partial charge in [0.2, 0.25) is 0 Å². The topological polar surface area (TPSA) is 56.7 Å². The molecule has 4 nitrogen and oxygen atoms in total. The summed E-state index contributed by atoms with van der Waals surface area (Å²) in [6.45, 7) is 2.92. The van der Waals surface area contributed by atoms with Crippen molar-refractivity contribution in [1.82, 2.24) is 15.0 Å². The molecule has 1 aromatic heterocycles. The molecule has 0 atom stereocenters. The molecule has 14 heavy (non-hydrogen) atoms. The molecule has 0 spiro atoms. The third-order valence-electron chi connectivity index (χ3n) is 3.12. The van der Waals surface area contributed by atoms with Crippen molar-refractivity contribution in [3.05, 3.63) is 11.9 Å². The number of hydrogen-bond acceptors (Lipinski definition) is 3. The van der Waals surface area contributed by atoms with E-state index in [0.29, 0.717) is 0 Å². The first-order chi connectivity index (χ1) is 6.74. The minimum absolute atomic E-state index is 0.203. The minimum atomic E-state index is -0.203. The van der Waals surface area contributed by atoms with Crippen molar-refractivity contribution in [3.8, 4) is 0 Å². The second-order valence-corrected chi connectivity index (χ2v) is 4.18. The van der Waals surface area contributed by atoms with Crippen molar-refractivity contribution in [2.45, 2.75) is 51.1 Å². The van der Waals surface area contributed by atoms with Gasteiger partial charge >= 0.3 is 0 Å². The molecule has 1 heterocycles. The number of aromatic nitrogens is 3. The first-order valence-electron chi connectivity index (χ1n) is 5.44. The lowest BCUT2D eigenvalue weighted by Crippen LogP contribution is -2.39. The van der Waals surface area contributed by atoms with Gasteiger partial charge in [0, 0.05) is 6.54 Å². The second kappa shape index (κ2) is 3.69. The van der Waals surface area contributed by atoms with Gasteiger partial charge in [-0.3, -0.25) is 4.68 Å². The van der Waals surface area contributed by atoms with E-state index in [4.69, 9.17) is 5.73 Å². The largest absolute Gasteiger partial charge is 0.320 e. The van der Waals surface area contributed by atoms with E-state index in [0.717, 1.165) is 25.1 Å². The average Bonchev–Trinajstić information content (AvgIpc) is 2.67. The van der Waals surface area contributed by atoms with Crippen molar-refractivity contribution >= 4 is 0 Å². The fourth-order valence-electron chi connectivity index (χ4n) is 2.12. The van der Waals surface area contributed by atoms with Crippen LogP contribution >= 0.6 is 0 Å². The normalized spacial score (nSPS) is 21.0. The van der Waals surface area contributed by atoms with Crippen molar-refractivity contribution in [1.29, 1.82) is 0 Å². The molecule has 1 fully saturated rings. The molecule has 0 saturated heterocycles.